The fraction of sp³-hybridized carbons (Fsp3) is 0.440. The summed E-state index contributed by atoms with van der Waals surface area (Å²) in [6.07, 6.45) is 7.56. The van der Waals surface area contributed by atoms with Crippen LogP contribution in [0.4, 0.5) is 0 Å². The van der Waals surface area contributed by atoms with Crippen molar-refractivity contribution >= 4 is 5.91 Å². The molecule has 4 heteroatoms. The highest BCUT2D eigenvalue weighted by molar-refractivity contribution is 5.95. The highest BCUT2D eigenvalue weighted by Crippen LogP contribution is 2.41. The van der Waals surface area contributed by atoms with Crippen LogP contribution in [0.2, 0.25) is 0 Å². The van der Waals surface area contributed by atoms with Crippen molar-refractivity contribution in [2.75, 3.05) is 13.2 Å². The minimum atomic E-state index is -0.318. The summed E-state index contributed by atoms with van der Waals surface area (Å²) in [5.41, 5.74) is 3.52. The number of nitriles is 1. The highest BCUT2D eigenvalue weighted by Gasteiger charge is 2.35. The van der Waals surface area contributed by atoms with Gasteiger partial charge >= 0.3 is 0 Å². The Bertz CT molecular complexity index is 886. The molecule has 0 spiro atoms. The van der Waals surface area contributed by atoms with Crippen LogP contribution in [0.25, 0.3) is 11.1 Å². The number of nitrogens with one attached hydrogen (secondary N) is 1. The van der Waals surface area contributed by atoms with Crippen molar-refractivity contribution in [3.8, 4) is 17.2 Å². The van der Waals surface area contributed by atoms with E-state index in [2.05, 4.69) is 35.7 Å². The van der Waals surface area contributed by atoms with E-state index in [9.17, 15) is 10.1 Å². The molecule has 1 amide bonds. The Labute approximate surface area is 172 Å². The predicted octanol–water partition coefficient (Wildman–Crippen LogP) is 4.99. The number of hydrogen-bond donors (Lipinski definition) is 1. The maximum absolute atomic E-state index is 12.6. The SMILES string of the molecule is N#CC1(c2ccc(-c3cccc(C(=O)NC[C@H]4CCCCO4)c3)cc2)CCCC1. The molecule has 1 atom stereocenters. The molecule has 150 valence electrons. The first-order chi connectivity index (χ1) is 14.2. The third-order valence-electron chi connectivity index (χ3n) is 6.33. The maximum atomic E-state index is 12.6. The Kier molecular flexibility index (Phi) is 5.97. The molecule has 1 N–H and O–H groups in total. The topological polar surface area (TPSA) is 62.1 Å². The number of carbonyl (C=O) groups excluding carboxylic acids is 1. The summed E-state index contributed by atoms with van der Waals surface area (Å²) in [5, 5.41) is 12.7. The molecule has 0 unspecified atom stereocenters. The molecule has 1 heterocycles. The zero-order valence-corrected chi connectivity index (χ0v) is 16.8. The van der Waals surface area contributed by atoms with Crippen LogP contribution in [0.5, 0.6) is 0 Å². The van der Waals surface area contributed by atoms with E-state index in [1.54, 1.807) is 0 Å². The van der Waals surface area contributed by atoms with Crippen LogP contribution < -0.4 is 5.32 Å². The third kappa shape index (κ3) is 4.36. The summed E-state index contributed by atoms with van der Waals surface area (Å²) in [4.78, 5) is 12.6. The van der Waals surface area contributed by atoms with Gasteiger partial charge in [0.2, 0.25) is 0 Å². The van der Waals surface area contributed by atoms with Gasteiger partial charge in [0.05, 0.1) is 17.6 Å². The second kappa shape index (κ2) is 8.80. The Hall–Kier alpha value is -2.64. The van der Waals surface area contributed by atoms with Crippen molar-refractivity contribution in [2.45, 2.75) is 56.5 Å². The standard InChI is InChI=1S/C25H28N2O2/c26-18-25(13-2-3-14-25)22-11-9-19(10-12-22)20-6-5-7-21(16-20)24(28)27-17-23-8-1-4-15-29-23/h5-7,9-12,16,23H,1-4,8,13-15,17H2,(H,27,28)/t23-/m1/s1. The molecule has 4 rings (SSSR count). The van der Waals surface area contributed by atoms with E-state index in [0.717, 1.165) is 61.8 Å². The van der Waals surface area contributed by atoms with Gasteiger partial charge in [-0.1, -0.05) is 49.2 Å². The smallest absolute Gasteiger partial charge is 0.251 e. The lowest BCUT2D eigenvalue weighted by atomic mass is 9.80. The van der Waals surface area contributed by atoms with Crippen molar-refractivity contribution in [3.63, 3.8) is 0 Å². The van der Waals surface area contributed by atoms with E-state index in [-0.39, 0.29) is 17.4 Å². The number of nitrogens with zero attached hydrogens (tertiary/aromatic N) is 1. The maximum Gasteiger partial charge on any atom is 0.251 e. The number of rotatable bonds is 5. The van der Waals surface area contributed by atoms with Gasteiger partial charge < -0.3 is 10.1 Å². The molecule has 1 saturated carbocycles. The van der Waals surface area contributed by atoms with Gasteiger partial charge in [-0.2, -0.15) is 5.26 Å². The molecule has 0 bridgehead atoms. The van der Waals surface area contributed by atoms with E-state index >= 15 is 0 Å². The molecule has 2 aromatic carbocycles. The predicted molar refractivity (Wildman–Crippen MR) is 114 cm³/mol. The summed E-state index contributed by atoms with van der Waals surface area (Å²) in [5.74, 6) is -0.0629. The summed E-state index contributed by atoms with van der Waals surface area (Å²) in [6.45, 7) is 1.35. The molecule has 2 aromatic rings. The van der Waals surface area contributed by atoms with Crippen molar-refractivity contribution in [2.24, 2.45) is 0 Å². The minimum Gasteiger partial charge on any atom is -0.376 e. The van der Waals surface area contributed by atoms with Crippen LogP contribution >= 0.6 is 0 Å². The Morgan fingerprint density at radius 2 is 1.86 bits per heavy atom. The van der Waals surface area contributed by atoms with Gasteiger partial charge in [0.25, 0.3) is 5.91 Å². The molecule has 2 aliphatic rings. The zero-order chi connectivity index (χ0) is 20.1. The molecule has 0 radical (unpaired) electrons. The number of carbonyl (C=O) groups is 1. The zero-order valence-electron chi connectivity index (χ0n) is 16.8. The second-order valence-electron chi connectivity index (χ2n) is 8.26. The molecule has 29 heavy (non-hydrogen) atoms. The fourth-order valence-corrected chi connectivity index (χ4v) is 4.54. The first-order valence-corrected chi connectivity index (χ1v) is 10.7. The quantitative estimate of drug-likeness (QED) is 0.785. The van der Waals surface area contributed by atoms with Gasteiger partial charge in [-0.25, -0.2) is 0 Å². The van der Waals surface area contributed by atoms with Crippen LogP contribution in [-0.2, 0) is 10.2 Å². The number of benzene rings is 2. The highest BCUT2D eigenvalue weighted by atomic mass is 16.5. The largest absolute Gasteiger partial charge is 0.376 e. The third-order valence-corrected chi connectivity index (χ3v) is 6.33. The number of amides is 1. The number of hydrogen-bond acceptors (Lipinski definition) is 3. The monoisotopic (exact) mass is 388 g/mol. The Morgan fingerprint density at radius 3 is 2.55 bits per heavy atom. The van der Waals surface area contributed by atoms with Crippen LogP contribution in [0.3, 0.4) is 0 Å². The molecular weight excluding hydrogens is 360 g/mol. The first-order valence-electron chi connectivity index (χ1n) is 10.7. The summed E-state index contributed by atoms with van der Waals surface area (Å²) >= 11 is 0. The molecule has 2 fully saturated rings. The Balaban J connectivity index is 1.45. The molecule has 1 aliphatic heterocycles. The molecule has 0 aromatic heterocycles. The fourth-order valence-electron chi connectivity index (χ4n) is 4.54. The van der Waals surface area contributed by atoms with E-state index in [0.29, 0.717) is 12.1 Å². The van der Waals surface area contributed by atoms with E-state index in [1.807, 2.05) is 24.3 Å². The van der Waals surface area contributed by atoms with Gasteiger partial charge in [0.1, 0.15) is 0 Å². The van der Waals surface area contributed by atoms with Crippen LogP contribution in [-0.4, -0.2) is 25.2 Å². The summed E-state index contributed by atoms with van der Waals surface area (Å²) in [6, 6.07) is 18.6. The average Bonchev–Trinajstić information content (AvgIpc) is 3.29. The van der Waals surface area contributed by atoms with E-state index < -0.39 is 0 Å². The van der Waals surface area contributed by atoms with Gasteiger partial charge in [-0.05, 0) is 60.9 Å². The molecule has 4 nitrogen and oxygen atoms in total. The van der Waals surface area contributed by atoms with Crippen LogP contribution in [0.1, 0.15) is 60.9 Å². The Morgan fingerprint density at radius 1 is 1.07 bits per heavy atom. The first kappa shape index (κ1) is 19.7. The van der Waals surface area contributed by atoms with Crippen molar-refractivity contribution < 1.29 is 9.53 Å². The average molecular weight is 389 g/mol. The van der Waals surface area contributed by atoms with Crippen molar-refractivity contribution in [1.82, 2.24) is 5.32 Å². The van der Waals surface area contributed by atoms with Gasteiger partial charge in [-0.3, -0.25) is 4.79 Å². The summed E-state index contributed by atoms with van der Waals surface area (Å²) < 4.78 is 5.69. The van der Waals surface area contributed by atoms with E-state index in [1.165, 1.54) is 6.42 Å². The number of ether oxygens (including phenoxy) is 1. The van der Waals surface area contributed by atoms with E-state index in [4.69, 9.17) is 4.74 Å². The minimum absolute atomic E-state index is 0.0629. The normalized spacial score (nSPS) is 20.7. The van der Waals surface area contributed by atoms with Gasteiger partial charge in [0, 0.05) is 18.7 Å². The van der Waals surface area contributed by atoms with Crippen LogP contribution in [0.15, 0.2) is 48.5 Å². The molecule has 1 aliphatic carbocycles. The lowest BCUT2D eigenvalue weighted by Gasteiger charge is -2.22. The lowest BCUT2D eigenvalue weighted by Crippen LogP contribution is -2.35. The van der Waals surface area contributed by atoms with Gasteiger partial charge in [0.15, 0.2) is 0 Å². The van der Waals surface area contributed by atoms with Crippen molar-refractivity contribution in [1.29, 1.82) is 5.26 Å². The van der Waals surface area contributed by atoms with Crippen molar-refractivity contribution in [3.05, 3.63) is 59.7 Å². The van der Waals surface area contributed by atoms with Crippen LogP contribution in [0, 0.1) is 11.3 Å². The lowest BCUT2D eigenvalue weighted by molar-refractivity contribution is 0.0169. The van der Waals surface area contributed by atoms with Gasteiger partial charge in [-0.15, -0.1) is 0 Å². The molecular formula is C25H28N2O2. The second-order valence-corrected chi connectivity index (χ2v) is 8.26. The summed E-state index contributed by atoms with van der Waals surface area (Å²) in [7, 11) is 0. The molecule has 1 saturated heterocycles.